The normalized spacial score (nSPS) is 27.0. The lowest BCUT2D eigenvalue weighted by Gasteiger charge is -2.55. The van der Waals surface area contributed by atoms with Gasteiger partial charge >= 0.3 is 0 Å². The zero-order valence-electron chi connectivity index (χ0n) is 19.5. The predicted molar refractivity (Wildman–Crippen MR) is 128 cm³/mol. The fraction of sp³-hybridized carbons (Fsp3) is 0.423. The van der Waals surface area contributed by atoms with Crippen molar-refractivity contribution < 1.29 is 9.18 Å². The largest absolute Gasteiger partial charge is 0.310 e. The number of carbonyl (C=O) groups excluding carboxylic acids is 1. The summed E-state index contributed by atoms with van der Waals surface area (Å²) in [7, 11) is 0. The maximum absolute atomic E-state index is 13.7. The zero-order chi connectivity index (χ0) is 23.7. The molecule has 3 aromatic heterocycles. The second-order valence-electron chi connectivity index (χ2n) is 10.7. The molecule has 9 heteroatoms. The monoisotopic (exact) mass is 471 g/mol. The summed E-state index contributed by atoms with van der Waals surface area (Å²) in [6.45, 7) is 1.90. The molecule has 178 valence electrons. The van der Waals surface area contributed by atoms with Crippen molar-refractivity contribution in [2.45, 2.75) is 45.4 Å². The van der Waals surface area contributed by atoms with Crippen LogP contribution in [0.3, 0.4) is 0 Å². The zero-order valence-corrected chi connectivity index (χ0v) is 19.5. The van der Waals surface area contributed by atoms with Crippen LogP contribution >= 0.6 is 0 Å². The van der Waals surface area contributed by atoms with E-state index in [4.69, 9.17) is 0 Å². The number of anilines is 1. The number of nitrogens with zero attached hydrogens (tertiary/aromatic N) is 6. The molecule has 8 rings (SSSR count). The minimum Gasteiger partial charge on any atom is -0.310 e. The van der Waals surface area contributed by atoms with Crippen LogP contribution in [-0.4, -0.2) is 35.4 Å². The van der Waals surface area contributed by atoms with Crippen LogP contribution in [0.1, 0.15) is 44.2 Å². The number of aryl methyl sites for hydroxylation is 1. The molecular weight excluding hydrogens is 445 g/mol. The molecule has 4 aliphatic carbocycles. The molecule has 0 spiro atoms. The lowest BCUT2D eigenvalue weighted by molar-refractivity contribution is -0.140. The molecule has 4 bridgehead atoms. The van der Waals surface area contributed by atoms with Crippen molar-refractivity contribution in [3.8, 4) is 11.5 Å². The van der Waals surface area contributed by atoms with E-state index in [0.717, 1.165) is 25.0 Å². The van der Waals surface area contributed by atoms with Crippen LogP contribution in [-0.2, 0) is 4.79 Å². The average Bonchev–Trinajstić information content (AvgIpc) is 3.42. The molecular formula is C26H26FN7O. The lowest BCUT2D eigenvalue weighted by Crippen LogP contribution is -2.51. The molecule has 35 heavy (non-hydrogen) atoms. The molecule has 8 nitrogen and oxygen atoms in total. The Morgan fingerprint density at radius 3 is 2.40 bits per heavy atom. The lowest BCUT2D eigenvalue weighted by atomic mass is 9.49. The van der Waals surface area contributed by atoms with Crippen molar-refractivity contribution in [3.63, 3.8) is 0 Å². The van der Waals surface area contributed by atoms with E-state index in [0.29, 0.717) is 46.1 Å². The first kappa shape index (κ1) is 20.7. The first-order chi connectivity index (χ1) is 17.0. The molecule has 1 amide bonds. The number of rotatable bonds is 4. The highest BCUT2D eigenvalue weighted by Gasteiger charge is 2.54. The Hall–Kier alpha value is -3.62. The van der Waals surface area contributed by atoms with E-state index >= 15 is 0 Å². The van der Waals surface area contributed by atoms with Crippen molar-refractivity contribution in [1.82, 2.24) is 29.5 Å². The van der Waals surface area contributed by atoms with Gasteiger partial charge in [0.25, 0.3) is 0 Å². The Bertz CT molecular complexity index is 1420. The van der Waals surface area contributed by atoms with Gasteiger partial charge in [-0.15, -0.1) is 0 Å². The molecule has 1 aromatic carbocycles. The second-order valence-corrected chi connectivity index (χ2v) is 10.7. The number of hydrogen-bond donors (Lipinski definition) is 1. The molecule has 4 saturated carbocycles. The van der Waals surface area contributed by atoms with Gasteiger partial charge in [-0.25, -0.2) is 19.0 Å². The van der Waals surface area contributed by atoms with E-state index in [1.165, 1.54) is 37.7 Å². The summed E-state index contributed by atoms with van der Waals surface area (Å²) in [5.41, 5.74) is 1.79. The highest BCUT2D eigenvalue weighted by Crippen LogP contribution is 2.60. The topological polar surface area (TPSA) is 90.5 Å². The number of carbonyl (C=O) groups is 1. The number of hydrogen-bond acceptors (Lipinski definition) is 5. The maximum atomic E-state index is 13.7. The first-order valence-electron chi connectivity index (χ1n) is 12.3. The van der Waals surface area contributed by atoms with Crippen LogP contribution in [0.5, 0.6) is 0 Å². The van der Waals surface area contributed by atoms with Gasteiger partial charge in [0, 0.05) is 6.07 Å². The summed E-state index contributed by atoms with van der Waals surface area (Å²) in [5.74, 6) is 3.03. The highest BCUT2D eigenvalue weighted by molar-refractivity contribution is 5.95. The third kappa shape index (κ3) is 3.28. The third-order valence-corrected chi connectivity index (χ3v) is 8.21. The Kier molecular flexibility index (Phi) is 4.40. The average molecular weight is 472 g/mol. The number of fused-ring (bicyclic) bond motifs is 1. The van der Waals surface area contributed by atoms with Gasteiger partial charge in [0.15, 0.2) is 11.5 Å². The Balaban J connectivity index is 1.25. The molecule has 4 aliphatic rings. The molecule has 0 unspecified atom stereocenters. The smallest absolute Gasteiger partial charge is 0.231 e. The molecule has 3 heterocycles. The molecule has 1 N–H and O–H groups in total. The van der Waals surface area contributed by atoms with Gasteiger partial charge in [-0.3, -0.25) is 4.79 Å². The Labute approximate surface area is 201 Å². The minimum absolute atomic E-state index is 0.116. The van der Waals surface area contributed by atoms with Crippen molar-refractivity contribution in [1.29, 1.82) is 0 Å². The van der Waals surface area contributed by atoms with Crippen molar-refractivity contribution in [2.24, 2.45) is 23.2 Å². The molecule has 4 fully saturated rings. The number of halogens is 1. The SMILES string of the molecule is Cc1cc(NC(=O)C23CC4CC(CC(C4)C2)C3)n(-c2ncnc3c2cnn3-c2ccc(F)cc2)n1. The van der Waals surface area contributed by atoms with E-state index in [-0.39, 0.29) is 17.1 Å². The van der Waals surface area contributed by atoms with Gasteiger partial charge in [0.1, 0.15) is 18.0 Å². The Morgan fingerprint density at radius 2 is 1.71 bits per heavy atom. The standard InChI is InChI=1S/C26H26FN7O/c1-15-6-22(31-25(35)26-10-16-7-17(11-26)9-18(8-16)12-26)34(32-15)24-21-13-30-33(23(21)28-14-29-24)20-4-2-19(27)3-5-20/h2-6,13-14,16-18H,7-12H2,1H3,(H,31,35). The van der Waals surface area contributed by atoms with Crippen LogP contribution in [0.15, 0.2) is 42.9 Å². The van der Waals surface area contributed by atoms with E-state index in [9.17, 15) is 9.18 Å². The van der Waals surface area contributed by atoms with Crippen LogP contribution in [0, 0.1) is 35.9 Å². The number of amides is 1. The molecule has 0 atom stereocenters. The molecule has 0 radical (unpaired) electrons. The predicted octanol–water partition coefficient (Wildman–Crippen LogP) is 4.60. The van der Waals surface area contributed by atoms with Gasteiger partial charge in [-0.05, 0) is 87.5 Å². The Morgan fingerprint density at radius 1 is 1.03 bits per heavy atom. The molecule has 4 aromatic rings. The summed E-state index contributed by atoms with van der Waals surface area (Å²) in [6.07, 6.45) is 10.0. The third-order valence-electron chi connectivity index (χ3n) is 8.21. The summed E-state index contributed by atoms with van der Waals surface area (Å²) < 4.78 is 16.7. The molecule has 0 saturated heterocycles. The van der Waals surface area contributed by atoms with Gasteiger partial charge in [-0.1, -0.05) is 0 Å². The summed E-state index contributed by atoms with van der Waals surface area (Å²) in [4.78, 5) is 22.6. The minimum atomic E-state index is -0.313. The summed E-state index contributed by atoms with van der Waals surface area (Å²) in [6, 6.07) is 7.97. The fourth-order valence-electron chi connectivity index (χ4n) is 7.16. The van der Waals surface area contributed by atoms with Crippen LogP contribution in [0.2, 0.25) is 0 Å². The maximum Gasteiger partial charge on any atom is 0.231 e. The summed E-state index contributed by atoms with van der Waals surface area (Å²) in [5, 5.41) is 13.0. The van der Waals surface area contributed by atoms with E-state index < -0.39 is 0 Å². The van der Waals surface area contributed by atoms with Gasteiger partial charge in [0.05, 0.1) is 28.4 Å². The van der Waals surface area contributed by atoms with Gasteiger partial charge < -0.3 is 5.32 Å². The van der Waals surface area contributed by atoms with E-state index in [1.54, 1.807) is 27.7 Å². The van der Waals surface area contributed by atoms with Crippen molar-refractivity contribution in [2.75, 3.05) is 5.32 Å². The summed E-state index contributed by atoms with van der Waals surface area (Å²) >= 11 is 0. The second kappa shape index (κ2) is 7.44. The van der Waals surface area contributed by atoms with Gasteiger partial charge in [0.2, 0.25) is 5.91 Å². The quantitative estimate of drug-likeness (QED) is 0.470. The van der Waals surface area contributed by atoms with Crippen LogP contribution in [0.25, 0.3) is 22.5 Å². The van der Waals surface area contributed by atoms with Crippen LogP contribution in [0.4, 0.5) is 10.2 Å². The fourth-order valence-corrected chi connectivity index (χ4v) is 7.16. The molecule has 0 aliphatic heterocycles. The van der Waals surface area contributed by atoms with Crippen molar-refractivity contribution >= 4 is 22.8 Å². The van der Waals surface area contributed by atoms with Crippen LogP contribution < -0.4 is 5.32 Å². The highest BCUT2D eigenvalue weighted by atomic mass is 19.1. The number of benzene rings is 1. The number of aromatic nitrogens is 6. The number of nitrogens with one attached hydrogen (secondary N) is 1. The first-order valence-corrected chi connectivity index (χ1v) is 12.3. The van der Waals surface area contributed by atoms with E-state index in [1.807, 2.05) is 13.0 Å². The van der Waals surface area contributed by atoms with Crippen molar-refractivity contribution in [3.05, 3.63) is 54.4 Å². The van der Waals surface area contributed by atoms with Gasteiger partial charge in [-0.2, -0.15) is 14.9 Å². The van der Waals surface area contributed by atoms with E-state index in [2.05, 4.69) is 25.5 Å².